The predicted molar refractivity (Wildman–Crippen MR) is 126 cm³/mol. The third-order valence-corrected chi connectivity index (χ3v) is 8.01. The number of halogens is 3. The number of aromatic nitrogens is 2. The van der Waals surface area contributed by atoms with Gasteiger partial charge in [0.25, 0.3) is 0 Å². The van der Waals surface area contributed by atoms with E-state index >= 15 is 0 Å². The summed E-state index contributed by atoms with van der Waals surface area (Å²) in [6.45, 7) is 1.32. The second kappa shape index (κ2) is 8.98. The van der Waals surface area contributed by atoms with Crippen LogP contribution in [0.2, 0.25) is 10.0 Å². The average Bonchev–Trinajstić information content (AvgIpc) is 3.19. The van der Waals surface area contributed by atoms with Crippen molar-refractivity contribution in [2.24, 2.45) is 0 Å². The van der Waals surface area contributed by atoms with Gasteiger partial charge in [0.2, 0.25) is 0 Å². The highest BCUT2D eigenvalue weighted by molar-refractivity contribution is 7.91. The van der Waals surface area contributed by atoms with Crippen molar-refractivity contribution in [2.45, 2.75) is 30.6 Å². The van der Waals surface area contributed by atoms with E-state index in [-0.39, 0.29) is 28.1 Å². The molecule has 1 aliphatic rings. The molecule has 0 bridgehead atoms. The minimum atomic E-state index is -3.32. The first kappa shape index (κ1) is 23.0. The molecule has 0 amide bonds. The second-order valence-corrected chi connectivity index (χ2v) is 10.6. The number of aliphatic hydroxyl groups is 1. The van der Waals surface area contributed by atoms with E-state index in [0.717, 1.165) is 0 Å². The number of imidazole rings is 1. The molecular weight excluding hydrogens is 474 g/mol. The summed E-state index contributed by atoms with van der Waals surface area (Å²) < 4.78 is 38.6. The van der Waals surface area contributed by atoms with E-state index < -0.39 is 15.8 Å². The summed E-state index contributed by atoms with van der Waals surface area (Å²) in [5, 5.41) is 10.6. The van der Waals surface area contributed by atoms with Gasteiger partial charge < -0.3 is 10.1 Å². The van der Waals surface area contributed by atoms with E-state index in [9.17, 15) is 17.9 Å². The van der Waals surface area contributed by atoms with Gasteiger partial charge in [-0.1, -0.05) is 54.4 Å². The highest BCUT2D eigenvalue weighted by atomic mass is 35.5. The van der Waals surface area contributed by atoms with E-state index in [1.165, 1.54) is 12.1 Å². The van der Waals surface area contributed by atoms with Crippen molar-refractivity contribution < 1.29 is 17.9 Å². The van der Waals surface area contributed by atoms with Gasteiger partial charge in [0.15, 0.2) is 9.84 Å². The zero-order chi connectivity index (χ0) is 23.0. The summed E-state index contributed by atoms with van der Waals surface area (Å²) in [4.78, 5) is 7.94. The molecule has 5 nitrogen and oxygen atoms in total. The molecule has 168 valence electrons. The zero-order valence-corrected chi connectivity index (χ0v) is 19.5. The largest absolute Gasteiger partial charge is 0.395 e. The van der Waals surface area contributed by atoms with Crippen molar-refractivity contribution in [3.63, 3.8) is 0 Å². The van der Waals surface area contributed by atoms with Crippen LogP contribution in [0.3, 0.4) is 0 Å². The molecule has 4 rings (SSSR count). The third-order valence-electron chi connectivity index (χ3n) is 5.60. The lowest BCUT2D eigenvalue weighted by Crippen LogP contribution is -2.09. The predicted octanol–water partition coefficient (Wildman–Crippen LogP) is 5.82. The molecule has 1 aromatic heterocycles. The lowest BCUT2D eigenvalue weighted by Gasteiger charge is -2.13. The Morgan fingerprint density at radius 2 is 1.97 bits per heavy atom. The van der Waals surface area contributed by atoms with Crippen LogP contribution < -0.4 is 0 Å². The highest BCUT2D eigenvalue weighted by Crippen LogP contribution is 2.41. The van der Waals surface area contributed by atoms with Crippen molar-refractivity contribution >= 4 is 49.6 Å². The number of fused-ring (bicyclic) bond motifs is 1. The van der Waals surface area contributed by atoms with E-state index in [2.05, 4.69) is 9.97 Å². The number of H-pyrrole nitrogens is 1. The van der Waals surface area contributed by atoms with Crippen LogP contribution in [0.25, 0.3) is 16.6 Å². The van der Waals surface area contributed by atoms with Crippen LogP contribution in [0, 0.1) is 0 Å². The maximum Gasteiger partial charge on any atom is 0.178 e. The van der Waals surface area contributed by atoms with Crippen molar-refractivity contribution in [3.8, 4) is 0 Å². The van der Waals surface area contributed by atoms with Crippen molar-refractivity contribution in [1.82, 2.24) is 9.97 Å². The fourth-order valence-electron chi connectivity index (χ4n) is 3.79. The number of aromatic amines is 1. The molecule has 0 aliphatic heterocycles. The molecule has 2 aromatic carbocycles. The number of rotatable bonds is 6. The Kier molecular flexibility index (Phi) is 6.45. The summed E-state index contributed by atoms with van der Waals surface area (Å²) in [7, 11) is -3.32. The quantitative estimate of drug-likeness (QED) is 0.452. The van der Waals surface area contributed by atoms with Gasteiger partial charge in [0, 0.05) is 17.6 Å². The summed E-state index contributed by atoms with van der Waals surface area (Å²) in [6.07, 6.45) is 4.46. The highest BCUT2D eigenvalue weighted by Gasteiger charge is 2.24. The van der Waals surface area contributed by atoms with Gasteiger partial charge in [0.1, 0.15) is 17.2 Å². The summed E-state index contributed by atoms with van der Waals surface area (Å²) >= 11 is 13.1. The average molecular weight is 495 g/mol. The zero-order valence-electron chi connectivity index (χ0n) is 17.2. The van der Waals surface area contributed by atoms with Crippen molar-refractivity contribution in [1.29, 1.82) is 0 Å². The molecule has 9 heteroatoms. The van der Waals surface area contributed by atoms with E-state index in [1.54, 1.807) is 31.2 Å². The minimum Gasteiger partial charge on any atom is -0.395 e. The van der Waals surface area contributed by atoms with E-state index in [0.29, 0.717) is 51.4 Å². The normalized spacial score (nSPS) is 15.5. The van der Waals surface area contributed by atoms with Crippen LogP contribution in [-0.2, 0) is 9.84 Å². The molecule has 0 spiro atoms. The second-order valence-electron chi connectivity index (χ2n) is 7.53. The van der Waals surface area contributed by atoms with Gasteiger partial charge in [-0.2, -0.15) is 0 Å². The Morgan fingerprint density at radius 1 is 1.25 bits per heavy atom. The molecular formula is C23H21Cl2FN2O3S. The molecule has 1 unspecified atom stereocenters. The molecule has 1 atom stereocenters. The van der Waals surface area contributed by atoms with Gasteiger partial charge in [-0.3, -0.25) is 0 Å². The number of aliphatic hydroxyl groups excluding tert-OH is 1. The van der Waals surface area contributed by atoms with Gasteiger partial charge in [0.05, 0.1) is 38.7 Å². The Bertz CT molecular complexity index is 1350. The summed E-state index contributed by atoms with van der Waals surface area (Å²) in [6, 6.07) is 7.99. The topological polar surface area (TPSA) is 83.1 Å². The van der Waals surface area contributed by atoms with Gasteiger partial charge in [-0.05, 0) is 30.2 Å². The number of sulfone groups is 1. The number of nitrogens with zero attached hydrogens (tertiary/aromatic N) is 1. The fourth-order valence-corrected chi connectivity index (χ4v) is 5.38. The van der Waals surface area contributed by atoms with Crippen LogP contribution >= 0.6 is 23.2 Å². The molecule has 0 fully saturated rings. The van der Waals surface area contributed by atoms with Crippen LogP contribution in [-0.4, -0.2) is 35.9 Å². The first-order valence-corrected chi connectivity index (χ1v) is 12.5. The van der Waals surface area contributed by atoms with Crippen LogP contribution in [0.1, 0.15) is 42.6 Å². The Labute approximate surface area is 195 Å². The maximum atomic E-state index is 14.5. The number of hydrogen-bond donors (Lipinski definition) is 2. The number of hydrogen-bond acceptors (Lipinski definition) is 4. The smallest absolute Gasteiger partial charge is 0.178 e. The molecule has 32 heavy (non-hydrogen) atoms. The minimum absolute atomic E-state index is 0.00710. The van der Waals surface area contributed by atoms with Gasteiger partial charge in [-0.25, -0.2) is 17.8 Å². The van der Waals surface area contributed by atoms with E-state index in [4.69, 9.17) is 23.2 Å². The van der Waals surface area contributed by atoms with Gasteiger partial charge >= 0.3 is 0 Å². The Hall–Kier alpha value is -2.19. The lowest BCUT2D eigenvalue weighted by molar-refractivity contribution is 0.277. The number of nitrogens with one attached hydrogen (secondary N) is 1. The van der Waals surface area contributed by atoms with Crippen LogP contribution in [0.15, 0.2) is 53.2 Å². The monoisotopic (exact) mass is 494 g/mol. The SMILES string of the molecule is CCS(=O)(=O)c1ccc(C(CO)c2nc3c(Cl)c(C4=C(F)CCC=C4)c(Cl)cc3[nH]2)cc1. The van der Waals surface area contributed by atoms with Crippen LogP contribution in [0.4, 0.5) is 4.39 Å². The molecule has 0 saturated heterocycles. The molecule has 2 N–H and O–H groups in total. The Balaban J connectivity index is 1.78. The van der Waals surface area contributed by atoms with Crippen molar-refractivity contribution in [3.05, 3.63) is 75.3 Å². The third kappa shape index (κ3) is 4.10. The summed E-state index contributed by atoms with van der Waals surface area (Å²) in [5.74, 6) is -0.364. The van der Waals surface area contributed by atoms with Crippen molar-refractivity contribution in [2.75, 3.05) is 12.4 Å². The molecule has 1 heterocycles. The van der Waals surface area contributed by atoms with Gasteiger partial charge in [-0.15, -0.1) is 0 Å². The standard InChI is InChI=1S/C23H21Cl2FN2O3S/c1-2-32(30,31)14-9-7-13(8-10-14)16(12-29)23-27-19-11-17(24)20(21(25)22(19)28-23)15-5-3-4-6-18(15)26/h3,5,7-11,16,29H,2,4,6,12H2,1H3,(H,27,28). The molecule has 1 aliphatic carbocycles. The first-order valence-electron chi connectivity index (χ1n) is 10.1. The first-order chi connectivity index (χ1) is 15.3. The Morgan fingerprint density at radius 3 is 2.59 bits per heavy atom. The number of allylic oxidation sites excluding steroid dienone is 4. The fraction of sp³-hybridized carbons (Fsp3) is 0.261. The lowest BCUT2D eigenvalue weighted by atomic mass is 9.98. The van der Waals surface area contributed by atoms with Crippen LogP contribution in [0.5, 0.6) is 0 Å². The summed E-state index contributed by atoms with van der Waals surface area (Å²) in [5.41, 5.74) is 2.41. The maximum absolute atomic E-state index is 14.5. The van der Waals surface area contributed by atoms with E-state index in [1.807, 2.05) is 6.08 Å². The molecule has 0 radical (unpaired) electrons. The molecule has 3 aromatic rings. The molecule has 0 saturated carbocycles. The number of benzene rings is 2.